The molecule has 1 aliphatic rings. The Morgan fingerprint density at radius 1 is 0.927 bits per heavy atom. The number of carbonyl (C=O) groups excluding carboxylic acids is 2. The molecular weight excluding hydrogens is 538 g/mol. The van der Waals surface area contributed by atoms with Crippen molar-refractivity contribution >= 4 is 21.8 Å². The van der Waals surface area contributed by atoms with Gasteiger partial charge in [0.25, 0.3) is 0 Å². The lowest BCUT2D eigenvalue weighted by atomic mass is 10.0. The van der Waals surface area contributed by atoms with Crippen LogP contribution in [-0.2, 0) is 32.6 Å². The molecule has 1 saturated heterocycles. The average molecular weight is 578 g/mol. The Bertz CT molecular complexity index is 1390. The summed E-state index contributed by atoms with van der Waals surface area (Å²) in [5, 5.41) is 2.97. The first-order valence-electron chi connectivity index (χ1n) is 14.2. The summed E-state index contributed by atoms with van der Waals surface area (Å²) in [6, 6.07) is 22.8. The molecule has 3 aromatic carbocycles. The second kappa shape index (κ2) is 14.3. The molecule has 9 heteroatoms. The van der Waals surface area contributed by atoms with Crippen LogP contribution in [-0.4, -0.2) is 56.2 Å². The fourth-order valence-corrected chi connectivity index (χ4v) is 6.52. The monoisotopic (exact) mass is 577 g/mol. The van der Waals surface area contributed by atoms with Crippen molar-refractivity contribution in [2.75, 3.05) is 26.7 Å². The van der Waals surface area contributed by atoms with Crippen molar-refractivity contribution < 1.29 is 22.7 Å². The van der Waals surface area contributed by atoms with Gasteiger partial charge in [0.2, 0.25) is 21.8 Å². The topological polar surface area (TPSA) is 96.0 Å². The summed E-state index contributed by atoms with van der Waals surface area (Å²) in [7, 11) is -1.89. The zero-order valence-electron chi connectivity index (χ0n) is 23.8. The summed E-state index contributed by atoms with van der Waals surface area (Å²) in [4.78, 5) is 29.2. The van der Waals surface area contributed by atoms with Gasteiger partial charge < -0.3 is 15.0 Å². The van der Waals surface area contributed by atoms with Crippen LogP contribution in [0.25, 0.3) is 0 Å². The van der Waals surface area contributed by atoms with Crippen LogP contribution in [0.4, 0.5) is 0 Å². The van der Waals surface area contributed by atoms with Gasteiger partial charge in [0.15, 0.2) is 0 Å². The molecule has 0 bridgehead atoms. The molecule has 0 saturated carbocycles. The van der Waals surface area contributed by atoms with Crippen LogP contribution in [0.5, 0.6) is 5.75 Å². The molecule has 1 N–H and O–H groups in total. The zero-order valence-corrected chi connectivity index (χ0v) is 24.6. The molecule has 4 rings (SSSR count). The molecule has 1 heterocycles. The minimum atomic E-state index is -3.49. The van der Waals surface area contributed by atoms with Gasteiger partial charge in [0, 0.05) is 32.6 Å². The molecule has 0 aromatic heterocycles. The van der Waals surface area contributed by atoms with Gasteiger partial charge in [0.1, 0.15) is 11.8 Å². The summed E-state index contributed by atoms with van der Waals surface area (Å²) < 4.78 is 32.6. The van der Waals surface area contributed by atoms with Crippen LogP contribution in [0, 0.1) is 0 Å². The highest BCUT2D eigenvalue weighted by molar-refractivity contribution is 7.89. The zero-order chi connectivity index (χ0) is 29.2. The van der Waals surface area contributed by atoms with Gasteiger partial charge in [-0.1, -0.05) is 61.5 Å². The van der Waals surface area contributed by atoms with E-state index < -0.39 is 16.1 Å². The van der Waals surface area contributed by atoms with Crippen molar-refractivity contribution in [3.8, 4) is 5.75 Å². The number of hydrogen-bond acceptors (Lipinski definition) is 5. The van der Waals surface area contributed by atoms with Gasteiger partial charge >= 0.3 is 0 Å². The van der Waals surface area contributed by atoms with Crippen molar-refractivity contribution in [1.29, 1.82) is 0 Å². The molecule has 1 atom stereocenters. The van der Waals surface area contributed by atoms with E-state index in [2.05, 4.69) is 5.32 Å². The maximum absolute atomic E-state index is 13.9. The van der Waals surface area contributed by atoms with Crippen molar-refractivity contribution in [1.82, 2.24) is 14.5 Å². The highest BCUT2D eigenvalue weighted by Crippen LogP contribution is 2.26. The number of ether oxygens (including phenoxy) is 1. The smallest absolute Gasteiger partial charge is 0.247 e. The largest absolute Gasteiger partial charge is 0.497 e. The Morgan fingerprint density at radius 3 is 2.17 bits per heavy atom. The van der Waals surface area contributed by atoms with E-state index in [1.807, 2.05) is 61.5 Å². The van der Waals surface area contributed by atoms with E-state index in [1.165, 1.54) is 4.31 Å². The van der Waals surface area contributed by atoms with E-state index in [9.17, 15) is 18.0 Å². The van der Waals surface area contributed by atoms with Crippen LogP contribution in [0.1, 0.15) is 55.3 Å². The van der Waals surface area contributed by atoms with Gasteiger partial charge in [-0.15, -0.1) is 0 Å². The molecule has 2 amide bonds. The Hall–Kier alpha value is -3.69. The van der Waals surface area contributed by atoms with Gasteiger partial charge in [-0.2, -0.15) is 4.31 Å². The molecule has 3 aromatic rings. The highest BCUT2D eigenvalue weighted by Gasteiger charge is 2.31. The molecule has 41 heavy (non-hydrogen) atoms. The van der Waals surface area contributed by atoms with E-state index in [4.69, 9.17) is 4.74 Å². The molecule has 1 fully saturated rings. The highest BCUT2D eigenvalue weighted by atomic mass is 32.2. The van der Waals surface area contributed by atoms with Gasteiger partial charge in [-0.3, -0.25) is 9.59 Å². The normalized spacial score (nSPS) is 14.4. The summed E-state index contributed by atoms with van der Waals surface area (Å²) >= 11 is 0. The van der Waals surface area contributed by atoms with Crippen LogP contribution in [0.2, 0.25) is 0 Å². The maximum atomic E-state index is 13.9. The third-order valence-electron chi connectivity index (χ3n) is 7.31. The number of aryl methyl sites for hydroxylation is 1. The van der Waals surface area contributed by atoms with E-state index in [0.717, 1.165) is 36.0 Å². The second-order valence-corrected chi connectivity index (χ2v) is 12.2. The molecular formula is C32H39N3O5S. The number of carbonyl (C=O) groups is 2. The van der Waals surface area contributed by atoms with E-state index in [1.54, 1.807) is 36.3 Å². The quantitative estimate of drug-likeness (QED) is 0.318. The number of sulfonamides is 1. The Balaban J connectivity index is 1.56. The summed E-state index contributed by atoms with van der Waals surface area (Å²) in [6.45, 7) is 3.85. The number of hydrogen-bond donors (Lipinski definition) is 1. The number of nitrogens with zero attached hydrogens (tertiary/aromatic N) is 2. The third kappa shape index (κ3) is 7.74. The Morgan fingerprint density at radius 2 is 1.56 bits per heavy atom. The molecule has 1 aliphatic heterocycles. The second-order valence-electron chi connectivity index (χ2n) is 10.2. The lowest BCUT2D eigenvalue weighted by Crippen LogP contribution is -2.43. The molecule has 0 radical (unpaired) electrons. The van der Waals surface area contributed by atoms with E-state index >= 15 is 0 Å². The van der Waals surface area contributed by atoms with Crippen molar-refractivity contribution in [3.05, 3.63) is 95.6 Å². The molecule has 0 aliphatic carbocycles. The molecule has 0 unspecified atom stereocenters. The molecule has 8 nitrogen and oxygen atoms in total. The predicted octanol–water partition coefficient (Wildman–Crippen LogP) is 4.71. The fraction of sp³-hybridized carbons (Fsp3) is 0.375. The number of nitrogens with one attached hydrogen (secondary N) is 1. The third-order valence-corrected chi connectivity index (χ3v) is 9.22. The van der Waals surface area contributed by atoms with E-state index in [-0.39, 0.29) is 29.7 Å². The molecule has 0 spiro atoms. The van der Waals surface area contributed by atoms with Crippen LogP contribution in [0.15, 0.2) is 83.8 Å². The Kier molecular flexibility index (Phi) is 10.5. The van der Waals surface area contributed by atoms with Gasteiger partial charge in [0.05, 0.1) is 12.0 Å². The average Bonchev–Trinajstić information content (AvgIpc) is 3.56. The first kappa shape index (κ1) is 30.3. The minimum Gasteiger partial charge on any atom is -0.497 e. The van der Waals surface area contributed by atoms with Gasteiger partial charge in [-0.05, 0) is 66.6 Å². The fourth-order valence-electron chi connectivity index (χ4n) is 5.00. The van der Waals surface area contributed by atoms with Crippen molar-refractivity contribution in [2.24, 2.45) is 0 Å². The number of amides is 2. The first-order valence-corrected chi connectivity index (χ1v) is 15.6. The van der Waals surface area contributed by atoms with Crippen LogP contribution < -0.4 is 10.1 Å². The van der Waals surface area contributed by atoms with Crippen LogP contribution >= 0.6 is 0 Å². The van der Waals surface area contributed by atoms with Crippen molar-refractivity contribution in [2.45, 2.75) is 56.5 Å². The molecule has 218 valence electrons. The van der Waals surface area contributed by atoms with Gasteiger partial charge in [-0.25, -0.2) is 8.42 Å². The minimum absolute atomic E-state index is 0.165. The maximum Gasteiger partial charge on any atom is 0.247 e. The standard InChI is InChI=1S/C32H39N3O5S/c1-3-21-33-32(37)31(27-9-5-4-6-10-27)35(24-26-11-16-28(40-2)17-12-26)30(36)20-15-25-13-18-29(19-14-25)41(38,39)34-22-7-8-23-34/h4-6,9-14,16-19,31H,3,7-8,15,20-24H2,1-2H3,(H,33,37)/t31-/m0/s1. The van der Waals surface area contributed by atoms with Crippen LogP contribution in [0.3, 0.4) is 0 Å². The number of methoxy groups -OCH3 is 1. The lowest BCUT2D eigenvalue weighted by molar-refractivity contribution is -0.141. The Labute approximate surface area is 243 Å². The lowest BCUT2D eigenvalue weighted by Gasteiger charge is -2.32. The summed E-state index contributed by atoms with van der Waals surface area (Å²) in [5.41, 5.74) is 2.47. The predicted molar refractivity (Wildman–Crippen MR) is 159 cm³/mol. The first-order chi connectivity index (χ1) is 19.8. The summed E-state index contributed by atoms with van der Waals surface area (Å²) in [5.74, 6) is 0.314. The van der Waals surface area contributed by atoms with Crippen molar-refractivity contribution in [3.63, 3.8) is 0 Å². The SMILES string of the molecule is CCCNC(=O)[C@H](c1ccccc1)N(Cc1ccc(OC)cc1)C(=O)CCc1ccc(S(=O)(=O)N2CCCC2)cc1. The van der Waals surface area contributed by atoms with E-state index in [0.29, 0.717) is 31.8 Å². The number of rotatable bonds is 13. The summed E-state index contributed by atoms with van der Waals surface area (Å²) in [6.07, 6.45) is 3.13. The number of benzene rings is 3.